The zero-order chi connectivity index (χ0) is 15.4. The molecule has 2 aromatic rings. The first-order chi connectivity index (χ1) is 10.0. The predicted octanol–water partition coefficient (Wildman–Crippen LogP) is 6.64. The number of anilines is 1. The van der Waals surface area contributed by atoms with Crippen molar-refractivity contribution in [1.29, 1.82) is 0 Å². The highest BCUT2D eigenvalue weighted by atomic mass is 79.9. The third-order valence-electron chi connectivity index (χ3n) is 2.79. The van der Waals surface area contributed by atoms with E-state index in [0.29, 0.717) is 18.2 Å². The van der Waals surface area contributed by atoms with Gasteiger partial charge in [0.05, 0.1) is 26.3 Å². The highest BCUT2D eigenvalue weighted by Crippen LogP contribution is 2.35. The molecule has 2 rings (SSSR count). The number of halogens is 4. The number of benzene rings is 2. The van der Waals surface area contributed by atoms with Gasteiger partial charge in [-0.25, -0.2) is 0 Å². The summed E-state index contributed by atoms with van der Waals surface area (Å²) in [5, 5.41) is 4.05. The van der Waals surface area contributed by atoms with Crippen LogP contribution in [-0.2, 0) is 6.54 Å². The van der Waals surface area contributed by atoms with E-state index in [-0.39, 0.29) is 0 Å². The van der Waals surface area contributed by atoms with Crippen molar-refractivity contribution in [2.24, 2.45) is 0 Å². The van der Waals surface area contributed by atoms with E-state index in [0.717, 1.165) is 30.4 Å². The quantitative estimate of drug-likeness (QED) is 0.499. The van der Waals surface area contributed by atoms with Crippen molar-refractivity contribution in [2.75, 3.05) is 11.9 Å². The molecule has 0 unspecified atom stereocenters. The van der Waals surface area contributed by atoms with E-state index in [2.05, 4.69) is 53.1 Å². The SMILES string of the molecule is CCOc1c(Br)cc(Br)cc1CNc1cccc(Cl)c1Br. The minimum atomic E-state index is 0.619. The zero-order valence-electron chi connectivity index (χ0n) is 11.2. The molecule has 0 amide bonds. The van der Waals surface area contributed by atoms with E-state index in [4.69, 9.17) is 16.3 Å². The van der Waals surface area contributed by atoms with Gasteiger partial charge in [0, 0.05) is 16.6 Å². The predicted molar refractivity (Wildman–Crippen MR) is 99.5 cm³/mol. The normalized spacial score (nSPS) is 10.5. The average molecular weight is 498 g/mol. The molecule has 21 heavy (non-hydrogen) atoms. The van der Waals surface area contributed by atoms with Crippen LogP contribution in [0, 0.1) is 0 Å². The molecule has 0 aliphatic carbocycles. The van der Waals surface area contributed by atoms with Gasteiger partial charge in [0.2, 0.25) is 0 Å². The summed E-state index contributed by atoms with van der Waals surface area (Å²) in [5.41, 5.74) is 2.01. The Bertz CT molecular complexity index is 649. The lowest BCUT2D eigenvalue weighted by Crippen LogP contribution is -2.04. The molecule has 0 radical (unpaired) electrons. The summed E-state index contributed by atoms with van der Waals surface area (Å²) in [7, 11) is 0. The highest BCUT2D eigenvalue weighted by Gasteiger charge is 2.11. The Kier molecular flexibility index (Phi) is 6.41. The molecule has 0 saturated heterocycles. The lowest BCUT2D eigenvalue weighted by Gasteiger charge is -2.15. The Labute approximate surface area is 154 Å². The monoisotopic (exact) mass is 495 g/mol. The van der Waals surface area contributed by atoms with Gasteiger partial charge >= 0.3 is 0 Å². The fourth-order valence-electron chi connectivity index (χ4n) is 1.88. The zero-order valence-corrected chi connectivity index (χ0v) is 16.7. The van der Waals surface area contributed by atoms with Crippen molar-refractivity contribution in [1.82, 2.24) is 0 Å². The Morgan fingerprint density at radius 2 is 1.95 bits per heavy atom. The standard InChI is InChI=1S/C15H13Br3ClNO/c1-2-21-15-9(6-10(16)7-11(15)17)8-20-13-5-3-4-12(19)14(13)18/h3-7,20H,2,8H2,1H3. The molecule has 112 valence electrons. The largest absolute Gasteiger partial charge is 0.492 e. The van der Waals surface area contributed by atoms with Gasteiger partial charge in [-0.15, -0.1) is 0 Å². The van der Waals surface area contributed by atoms with Gasteiger partial charge < -0.3 is 10.1 Å². The van der Waals surface area contributed by atoms with Gasteiger partial charge in [0.25, 0.3) is 0 Å². The van der Waals surface area contributed by atoms with E-state index in [1.807, 2.05) is 37.3 Å². The van der Waals surface area contributed by atoms with Crippen molar-refractivity contribution >= 4 is 65.1 Å². The minimum Gasteiger partial charge on any atom is -0.492 e. The van der Waals surface area contributed by atoms with E-state index in [1.165, 1.54) is 0 Å². The summed E-state index contributed by atoms with van der Waals surface area (Å²) < 4.78 is 8.51. The summed E-state index contributed by atoms with van der Waals surface area (Å²) in [6, 6.07) is 9.75. The van der Waals surface area contributed by atoms with Gasteiger partial charge in [-0.05, 0) is 63.0 Å². The molecule has 2 aromatic carbocycles. The summed E-state index contributed by atoms with van der Waals surface area (Å²) in [6.07, 6.45) is 0. The van der Waals surface area contributed by atoms with Gasteiger partial charge in [0.15, 0.2) is 0 Å². The number of nitrogens with one attached hydrogen (secondary N) is 1. The molecule has 6 heteroatoms. The van der Waals surface area contributed by atoms with E-state index in [1.54, 1.807) is 0 Å². The fraction of sp³-hybridized carbons (Fsp3) is 0.200. The third-order valence-corrected chi connectivity index (χ3v) is 5.24. The minimum absolute atomic E-state index is 0.619. The van der Waals surface area contributed by atoms with Gasteiger partial charge in [0.1, 0.15) is 5.75 Å². The van der Waals surface area contributed by atoms with Gasteiger partial charge in [-0.3, -0.25) is 0 Å². The highest BCUT2D eigenvalue weighted by molar-refractivity contribution is 9.11. The first kappa shape index (κ1) is 17.1. The van der Waals surface area contributed by atoms with Crippen LogP contribution >= 0.6 is 59.4 Å². The van der Waals surface area contributed by atoms with Crippen LogP contribution in [0.15, 0.2) is 43.7 Å². The maximum Gasteiger partial charge on any atom is 0.138 e. The number of hydrogen-bond acceptors (Lipinski definition) is 2. The molecule has 0 heterocycles. The third kappa shape index (κ3) is 4.38. The second-order valence-corrected chi connectivity index (χ2v) is 7.23. The molecular formula is C15H13Br3ClNO. The fourth-order valence-corrected chi connectivity index (χ4v) is 3.89. The van der Waals surface area contributed by atoms with Crippen LogP contribution in [0.4, 0.5) is 5.69 Å². The Morgan fingerprint density at radius 3 is 2.67 bits per heavy atom. The molecule has 2 nitrogen and oxygen atoms in total. The van der Waals surface area contributed by atoms with E-state index in [9.17, 15) is 0 Å². The molecule has 0 saturated carbocycles. The maximum absolute atomic E-state index is 6.10. The maximum atomic E-state index is 6.10. The molecule has 0 aliphatic rings. The molecule has 0 atom stereocenters. The Balaban J connectivity index is 2.25. The van der Waals surface area contributed by atoms with Gasteiger partial charge in [-0.1, -0.05) is 33.6 Å². The topological polar surface area (TPSA) is 21.3 Å². The molecule has 0 bridgehead atoms. The first-order valence-electron chi connectivity index (χ1n) is 6.31. The lowest BCUT2D eigenvalue weighted by molar-refractivity contribution is 0.334. The molecular weight excluding hydrogens is 485 g/mol. The van der Waals surface area contributed by atoms with Crippen LogP contribution in [0.3, 0.4) is 0 Å². The second-order valence-electron chi connectivity index (χ2n) is 4.26. The van der Waals surface area contributed by atoms with E-state index < -0.39 is 0 Å². The van der Waals surface area contributed by atoms with Crippen LogP contribution in [0.25, 0.3) is 0 Å². The van der Waals surface area contributed by atoms with E-state index >= 15 is 0 Å². The lowest BCUT2D eigenvalue weighted by atomic mass is 10.2. The van der Waals surface area contributed by atoms with Crippen molar-refractivity contribution in [3.8, 4) is 5.75 Å². The molecule has 1 N–H and O–H groups in total. The summed E-state index contributed by atoms with van der Waals surface area (Å²) in [6.45, 7) is 3.22. The smallest absolute Gasteiger partial charge is 0.138 e. The number of rotatable bonds is 5. The van der Waals surface area contributed by atoms with Crippen LogP contribution < -0.4 is 10.1 Å². The molecule has 0 aromatic heterocycles. The first-order valence-corrected chi connectivity index (χ1v) is 9.07. The molecule has 0 spiro atoms. The number of hydrogen-bond donors (Lipinski definition) is 1. The number of ether oxygens (including phenoxy) is 1. The Morgan fingerprint density at radius 1 is 1.19 bits per heavy atom. The van der Waals surface area contributed by atoms with Crippen molar-refractivity contribution in [3.63, 3.8) is 0 Å². The average Bonchev–Trinajstić information content (AvgIpc) is 2.44. The molecule has 0 aliphatic heterocycles. The van der Waals surface area contributed by atoms with Crippen molar-refractivity contribution < 1.29 is 4.74 Å². The van der Waals surface area contributed by atoms with Crippen LogP contribution in [-0.4, -0.2) is 6.61 Å². The second kappa shape index (κ2) is 7.86. The summed E-state index contributed by atoms with van der Waals surface area (Å²) >= 11 is 16.6. The van der Waals surface area contributed by atoms with Crippen molar-refractivity contribution in [2.45, 2.75) is 13.5 Å². The summed E-state index contributed by atoms with van der Waals surface area (Å²) in [5.74, 6) is 0.853. The molecule has 0 fully saturated rings. The van der Waals surface area contributed by atoms with Crippen LogP contribution in [0.2, 0.25) is 5.02 Å². The van der Waals surface area contributed by atoms with Crippen LogP contribution in [0.5, 0.6) is 5.75 Å². The van der Waals surface area contributed by atoms with Gasteiger partial charge in [-0.2, -0.15) is 0 Å². The van der Waals surface area contributed by atoms with Crippen molar-refractivity contribution in [3.05, 3.63) is 54.3 Å². The van der Waals surface area contributed by atoms with Crippen LogP contribution in [0.1, 0.15) is 12.5 Å². The Hall–Kier alpha value is -0.230. The summed E-state index contributed by atoms with van der Waals surface area (Å²) in [4.78, 5) is 0.